The van der Waals surface area contributed by atoms with E-state index in [2.05, 4.69) is 23.8 Å². The zero-order valence-corrected chi connectivity index (χ0v) is 8.59. The Balaban J connectivity index is 2.56. The maximum Gasteiger partial charge on any atom is 0.125 e. The van der Waals surface area contributed by atoms with Gasteiger partial charge in [0.25, 0.3) is 0 Å². The van der Waals surface area contributed by atoms with Crippen molar-refractivity contribution in [2.45, 2.75) is 46.0 Å². The summed E-state index contributed by atoms with van der Waals surface area (Å²) in [5.74, 6) is 1.55. The second kappa shape index (κ2) is 3.09. The Labute approximate surface area is 79.4 Å². The molecule has 1 aromatic heterocycles. The Hall–Kier alpha value is -0.920. The predicted octanol–water partition coefficient (Wildman–Crippen LogP) is 2.53. The highest BCUT2D eigenvalue weighted by molar-refractivity contribution is 5.29. The second-order valence-electron chi connectivity index (χ2n) is 4.01. The topological polar surface area (TPSA) is 25.8 Å². The molecule has 1 atom stereocenters. The maximum atomic E-state index is 4.54. The molecule has 1 aliphatic carbocycles. The van der Waals surface area contributed by atoms with Crippen molar-refractivity contribution in [3.63, 3.8) is 0 Å². The first-order valence-electron chi connectivity index (χ1n) is 5.02. The van der Waals surface area contributed by atoms with Crippen LogP contribution in [-0.2, 0) is 6.42 Å². The molecule has 2 heteroatoms. The summed E-state index contributed by atoms with van der Waals surface area (Å²) in [7, 11) is 0. The molecule has 0 fully saturated rings. The van der Waals surface area contributed by atoms with E-state index >= 15 is 0 Å². The molecule has 1 aromatic rings. The average molecular weight is 176 g/mol. The Morgan fingerprint density at radius 2 is 2.00 bits per heavy atom. The molecule has 1 aliphatic rings. The first-order chi connectivity index (χ1) is 6.18. The lowest BCUT2D eigenvalue weighted by Crippen LogP contribution is -2.13. The molecule has 1 heterocycles. The molecule has 0 amide bonds. The van der Waals surface area contributed by atoms with Crippen LogP contribution in [0.1, 0.15) is 48.5 Å². The van der Waals surface area contributed by atoms with E-state index in [1.165, 1.54) is 36.2 Å². The first kappa shape index (κ1) is 8.67. The van der Waals surface area contributed by atoms with Crippen molar-refractivity contribution in [3.05, 3.63) is 22.8 Å². The number of aromatic nitrogens is 2. The van der Waals surface area contributed by atoms with E-state index in [1.54, 1.807) is 0 Å². The molecule has 2 rings (SSSR count). The predicted molar refractivity (Wildman–Crippen MR) is 52.9 cm³/mol. The lowest BCUT2D eigenvalue weighted by Gasteiger charge is -2.22. The highest BCUT2D eigenvalue weighted by Crippen LogP contribution is 2.30. The van der Waals surface area contributed by atoms with Crippen molar-refractivity contribution in [2.75, 3.05) is 0 Å². The average Bonchev–Trinajstić information content (AvgIpc) is 2.07. The van der Waals surface area contributed by atoms with Gasteiger partial charge in [-0.3, -0.25) is 0 Å². The summed E-state index contributed by atoms with van der Waals surface area (Å²) in [6.45, 7) is 6.35. The zero-order chi connectivity index (χ0) is 9.42. The Morgan fingerprint density at radius 1 is 1.23 bits per heavy atom. The number of fused-ring (bicyclic) bond motifs is 1. The largest absolute Gasteiger partial charge is 0.238 e. The van der Waals surface area contributed by atoms with Crippen LogP contribution in [0.3, 0.4) is 0 Å². The van der Waals surface area contributed by atoms with E-state index in [0.717, 1.165) is 5.82 Å². The summed E-state index contributed by atoms with van der Waals surface area (Å²) in [6, 6.07) is 0. The van der Waals surface area contributed by atoms with Crippen LogP contribution in [0.5, 0.6) is 0 Å². The highest BCUT2D eigenvalue weighted by Gasteiger charge is 2.20. The quantitative estimate of drug-likeness (QED) is 0.607. The van der Waals surface area contributed by atoms with Gasteiger partial charge in [-0.2, -0.15) is 0 Å². The summed E-state index contributed by atoms with van der Waals surface area (Å²) in [6.07, 6.45) is 3.75. The normalized spacial score (nSPS) is 21.3. The third-order valence-corrected chi connectivity index (χ3v) is 2.89. The van der Waals surface area contributed by atoms with Gasteiger partial charge >= 0.3 is 0 Å². The number of aryl methyl sites for hydroxylation is 2. The van der Waals surface area contributed by atoms with Gasteiger partial charge in [0, 0.05) is 5.69 Å². The van der Waals surface area contributed by atoms with Gasteiger partial charge in [0.2, 0.25) is 0 Å². The molecule has 0 saturated heterocycles. The van der Waals surface area contributed by atoms with Crippen molar-refractivity contribution in [1.29, 1.82) is 0 Å². The molecule has 70 valence electrons. The molecule has 0 bridgehead atoms. The van der Waals surface area contributed by atoms with Gasteiger partial charge in [-0.05, 0) is 44.6 Å². The van der Waals surface area contributed by atoms with Crippen LogP contribution in [0.25, 0.3) is 0 Å². The van der Waals surface area contributed by atoms with Crippen LogP contribution in [0.15, 0.2) is 0 Å². The summed E-state index contributed by atoms with van der Waals surface area (Å²) in [5.41, 5.74) is 3.90. The molecule has 0 aromatic carbocycles. The van der Waals surface area contributed by atoms with Crippen molar-refractivity contribution in [3.8, 4) is 0 Å². The van der Waals surface area contributed by atoms with Crippen LogP contribution in [-0.4, -0.2) is 9.97 Å². The first-order valence-corrected chi connectivity index (χ1v) is 5.02. The number of rotatable bonds is 0. The number of hydrogen-bond acceptors (Lipinski definition) is 2. The molecule has 2 nitrogen and oxygen atoms in total. The third-order valence-electron chi connectivity index (χ3n) is 2.89. The molecule has 0 aliphatic heterocycles. The molecule has 0 spiro atoms. The molecule has 13 heavy (non-hydrogen) atoms. The second-order valence-corrected chi connectivity index (χ2v) is 4.01. The van der Waals surface area contributed by atoms with Crippen molar-refractivity contribution < 1.29 is 0 Å². The molecule has 0 radical (unpaired) electrons. The Kier molecular flexibility index (Phi) is 2.06. The summed E-state index contributed by atoms with van der Waals surface area (Å²) in [5, 5.41) is 0. The van der Waals surface area contributed by atoms with Gasteiger partial charge in [-0.1, -0.05) is 6.92 Å². The van der Waals surface area contributed by atoms with Crippen LogP contribution in [0.4, 0.5) is 0 Å². The SMILES string of the molecule is Cc1nc(C)c2c(n1)C(C)CCC2. The fourth-order valence-electron chi connectivity index (χ4n) is 2.20. The van der Waals surface area contributed by atoms with E-state index in [9.17, 15) is 0 Å². The Morgan fingerprint density at radius 3 is 2.77 bits per heavy atom. The molecular formula is C11H16N2. The fraction of sp³-hybridized carbons (Fsp3) is 0.636. The minimum atomic E-state index is 0.629. The van der Waals surface area contributed by atoms with Crippen LogP contribution in [0, 0.1) is 13.8 Å². The highest BCUT2D eigenvalue weighted by atomic mass is 14.9. The zero-order valence-electron chi connectivity index (χ0n) is 8.59. The van der Waals surface area contributed by atoms with Gasteiger partial charge in [0.15, 0.2) is 0 Å². The lowest BCUT2D eigenvalue weighted by atomic mass is 9.87. The summed E-state index contributed by atoms with van der Waals surface area (Å²) in [4.78, 5) is 8.95. The maximum absolute atomic E-state index is 4.54. The van der Waals surface area contributed by atoms with Gasteiger partial charge in [-0.25, -0.2) is 9.97 Å². The van der Waals surface area contributed by atoms with Crippen LogP contribution in [0.2, 0.25) is 0 Å². The van der Waals surface area contributed by atoms with Gasteiger partial charge < -0.3 is 0 Å². The van der Waals surface area contributed by atoms with Crippen molar-refractivity contribution in [1.82, 2.24) is 9.97 Å². The summed E-state index contributed by atoms with van der Waals surface area (Å²) >= 11 is 0. The van der Waals surface area contributed by atoms with Gasteiger partial charge in [-0.15, -0.1) is 0 Å². The van der Waals surface area contributed by atoms with Crippen molar-refractivity contribution in [2.24, 2.45) is 0 Å². The molecule has 0 N–H and O–H groups in total. The molecule has 1 unspecified atom stereocenters. The van der Waals surface area contributed by atoms with E-state index in [-0.39, 0.29) is 0 Å². The number of nitrogens with zero attached hydrogens (tertiary/aromatic N) is 2. The van der Waals surface area contributed by atoms with E-state index in [1.807, 2.05) is 6.92 Å². The van der Waals surface area contributed by atoms with Gasteiger partial charge in [0.1, 0.15) is 5.82 Å². The third kappa shape index (κ3) is 1.45. The van der Waals surface area contributed by atoms with Crippen LogP contribution >= 0.6 is 0 Å². The minimum absolute atomic E-state index is 0.629. The van der Waals surface area contributed by atoms with E-state index in [4.69, 9.17) is 0 Å². The van der Waals surface area contributed by atoms with E-state index < -0.39 is 0 Å². The molecule has 0 saturated carbocycles. The van der Waals surface area contributed by atoms with Crippen LogP contribution < -0.4 is 0 Å². The van der Waals surface area contributed by atoms with Crippen molar-refractivity contribution >= 4 is 0 Å². The molecular weight excluding hydrogens is 160 g/mol. The monoisotopic (exact) mass is 176 g/mol. The lowest BCUT2D eigenvalue weighted by molar-refractivity contribution is 0.563. The Bertz CT molecular complexity index is 331. The number of hydrogen-bond donors (Lipinski definition) is 0. The van der Waals surface area contributed by atoms with Gasteiger partial charge in [0.05, 0.1) is 5.69 Å². The summed E-state index contributed by atoms with van der Waals surface area (Å²) < 4.78 is 0. The fourth-order valence-corrected chi connectivity index (χ4v) is 2.20. The minimum Gasteiger partial charge on any atom is -0.238 e. The standard InChI is InChI=1S/C11H16N2/c1-7-5-4-6-10-8(2)12-9(3)13-11(7)10/h7H,4-6H2,1-3H3. The van der Waals surface area contributed by atoms with E-state index in [0.29, 0.717) is 5.92 Å². The smallest absolute Gasteiger partial charge is 0.125 e.